The number of amides is 1. The average molecular weight is 395 g/mol. The summed E-state index contributed by atoms with van der Waals surface area (Å²) in [5, 5.41) is 4.15. The van der Waals surface area contributed by atoms with Gasteiger partial charge in [0.15, 0.2) is 0 Å². The maximum atomic E-state index is 12.9. The van der Waals surface area contributed by atoms with E-state index in [9.17, 15) is 4.79 Å². The van der Waals surface area contributed by atoms with Crippen molar-refractivity contribution in [1.29, 1.82) is 0 Å². The molecule has 2 aliphatic heterocycles. The fourth-order valence-electron chi connectivity index (χ4n) is 3.73. The molecule has 29 heavy (non-hydrogen) atoms. The van der Waals surface area contributed by atoms with E-state index in [0.29, 0.717) is 19.5 Å². The highest BCUT2D eigenvalue weighted by molar-refractivity contribution is 6.04. The van der Waals surface area contributed by atoms with E-state index >= 15 is 0 Å². The molecule has 0 bridgehead atoms. The number of carbonyl (C=O) groups excluding carboxylic acids is 1. The van der Waals surface area contributed by atoms with Gasteiger partial charge in [0.25, 0.3) is 5.91 Å². The molecular formula is C22H25N3O4. The quantitative estimate of drug-likeness (QED) is 0.779. The molecule has 0 aromatic heterocycles. The fraction of sp³-hybridized carbons (Fsp3) is 0.364. The molecule has 0 spiro atoms. The van der Waals surface area contributed by atoms with Crippen molar-refractivity contribution in [2.24, 2.45) is 5.16 Å². The van der Waals surface area contributed by atoms with Gasteiger partial charge in [-0.3, -0.25) is 4.79 Å². The lowest BCUT2D eigenvalue weighted by molar-refractivity contribution is -0.142. The second kappa shape index (κ2) is 8.43. The predicted molar refractivity (Wildman–Crippen MR) is 111 cm³/mol. The number of anilines is 1. The Kier molecular flexibility index (Phi) is 5.55. The number of hydrogen-bond acceptors (Lipinski definition) is 6. The van der Waals surface area contributed by atoms with Crippen LogP contribution in [0.3, 0.4) is 0 Å². The van der Waals surface area contributed by atoms with Crippen molar-refractivity contribution in [3.05, 3.63) is 54.1 Å². The first kappa shape index (κ1) is 19.1. The molecule has 0 saturated carbocycles. The van der Waals surface area contributed by atoms with E-state index < -0.39 is 6.10 Å². The van der Waals surface area contributed by atoms with Crippen molar-refractivity contribution in [2.75, 3.05) is 45.3 Å². The van der Waals surface area contributed by atoms with Crippen LogP contribution in [0.15, 0.2) is 53.7 Å². The van der Waals surface area contributed by atoms with E-state index in [1.54, 1.807) is 14.2 Å². The normalized spacial score (nSPS) is 18.8. The van der Waals surface area contributed by atoms with E-state index in [1.807, 2.05) is 53.4 Å². The van der Waals surface area contributed by atoms with Gasteiger partial charge in [0, 0.05) is 32.6 Å². The molecule has 2 heterocycles. The Morgan fingerprint density at radius 2 is 1.72 bits per heavy atom. The van der Waals surface area contributed by atoms with E-state index in [2.05, 4.69) is 10.1 Å². The lowest BCUT2D eigenvalue weighted by Gasteiger charge is -2.37. The Morgan fingerprint density at radius 1 is 1.00 bits per heavy atom. The standard InChI is InChI=1S/C22H25N3O4/c1-27-17-9-7-16(8-10-17)18-15-21(29-23-18)22(26)25-13-11-24(12-14-25)19-5-3-4-6-20(19)28-2/h3-10,21H,11-15H2,1-2H3/t21-/m1/s1. The molecule has 2 aromatic rings. The largest absolute Gasteiger partial charge is 0.497 e. The number of nitrogens with zero attached hydrogens (tertiary/aromatic N) is 3. The van der Waals surface area contributed by atoms with Crippen molar-refractivity contribution >= 4 is 17.3 Å². The molecule has 152 valence electrons. The molecular weight excluding hydrogens is 370 g/mol. The van der Waals surface area contributed by atoms with Crippen LogP contribution in [0.5, 0.6) is 11.5 Å². The highest BCUT2D eigenvalue weighted by atomic mass is 16.6. The number of rotatable bonds is 5. The maximum absolute atomic E-state index is 12.9. The Bertz CT molecular complexity index is 889. The summed E-state index contributed by atoms with van der Waals surface area (Å²) in [5.74, 6) is 1.63. The summed E-state index contributed by atoms with van der Waals surface area (Å²) in [6.07, 6.45) is -0.0670. The van der Waals surface area contributed by atoms with E-state index in [-0.39, 0.29) is 5.91 Å². The van der Waals surface area contributed by atoms with Gasteiger partial charge < -0.3 is 24.1 Å². The monoisotopic (exact) mass is 395 g/mol. The number of ether oxygens (including phenoxy) is 2. The lowest BCUT2D eigenvalue weighted by Crippen LogP contribution is -2.51. The number of piperazine rings is 1. The smallest absolute Gasteiger partial charge is 0.267 e. The first-order valence-electron chi connectivity index (χ1n) is 9.73. The molecule has 4 rings (SSSR count). The Labute approximate surface area is 170 Å². The van der Waals surface area contributed by atoms with Crippen LogP contribution < -0.4 is 14.4 Å². The van der Waals surface area contributed by atoms with Crippen molar-refractivity contribution < 1.29 is 19.1 Å². The molecule has 1 saturated heterocycles. The van der Waals surface area contributed by atoms with Crippen LogP contribution in [-0.2, 0) is 9.63 Å². The number of methoxy groups -OCH3 is 2. The van der Waals surface area contributed by atoms with Crippen LogP contribution in [0.4, 0.5) is 5.69 Å². The van der Waals surface area contributed by atoms with Crippen molar-refractivity contribution in [3.63, 3.8) is 0 Å². The molecule has 0 aliphatic carbocycles. The zero-order chi connectivity index (χ0) is 20.2. The molecule has 2 aromatic carbocycles. The SMILES string of the molecule is COc1ccc(C2=NO[C@@H](C(=O)N3CCN(c4ccccc4OC)CC3)C2)cc1. The van der Waals surface area contributed by atoms with Gasteiger partial charge in [-0.05, 0) is 42.0 Å². The van der Waals surface area contributed by atoms with Crippen molar-refractivity contribution in [2.45, 2.75) is 12.5 Å². The molecule has 2 aliphatic rings. The third-order valence-electron chi connectivity index (χ3n) is 5.38. The number of carbonyl (C=O) groups is 1. The minimum Gasteiger partial charge on any atom is -0.497 e. The predicted octanol–water partition coefficient (Wildman–Crippen LogP) is 2.55. The average Bonchev–Trinajstić information content (AvgIpc) is 3.29. The van der Waals surface area contributed by atoms with Crippen LogP contribution in [0.2, 0.25) is 0 Å². The minimum atomic E-state index is -0.551. The number of hydrogen-bond donors (Lipinski definition) is 0. The maximum Gasteiger partial charge on any atom is 0.267 e. The Morgan fingerprint density at radius 3 is 2.41 bits per heavy atom. The highest BCUT2D eigenvalue weighted by Crippen LogP contribution is 2.29. The zero-order valence-corrected chi connectivity index (χ0v) is 16.7. The van der Waals surface area contributed by atoms with Crippen LogP contribution in [-0.4, -0.2) is 63.0 Å². The van der Waals surface area contributed by atoms with Gasteiger partial charge in [-0.25, -0.2) is 0 Å². The number of benzene rings is 2. The first-order valence-corrected chi connectivity index (χ1v) is 9.73. The molecule has 0 unspecified atom stereocenters. The topological polar surface area (TPSA) is 63.6 Å². The molecule has 1 atom stereocenters. The van der Waals surface area contributed by atoms with Gasteiger partial charge in [0.2, 0.25) is 6.10 Å². The Hall–Kier alpha value is -3.22. The molecule has 1 fully saturated rings. The number of para-hydroxylation sites is 2. The van der Waals surface area contributed by atoms with Gasteiger partial charge in [0.05, 0.1) is 25.6 Å². The van der Waals surface area contributed by atoms with Gasteiger partial charge in [0.1, 0.15) is 11.5 Å². The Balaban J connectivity index is 1.33. The lowest BCUT2D eigenvalue weighted by atomic mass is 10.0. The van der Waals surface area contributed by atoms with Crippen LogP contribution >= 0.6 is 0 Å². The summed E-state index contributed by atoms with van der Waals surface area (Å²) >= 11 is 0. The third kappa shape index (κ3) is 3.99. The highest BCUT2D eigenvalue weighted by Gasteiger charge is 2.34. The second-order valence-corrected chi connectivity index (χ2v) is 7.05. The summed E-state index contributed by atoms with van der Waals surface area (Å²) in [4.78, 5) is 22.5. The summed E-state index contributed by atoms with van der Waals surface area (Å²) in [7, 11) is 3.31. The van der Waals surface area contributed by atoms with Crippen LogP contribution in [0.25, 0.3) is 0 Å². The fourth-order valence-corrected chi connectivity index (χ4v) is 3.73. The molecule has 0 radical (unpaired) electrons. The van der Waals surface area contributed by atoms with Crippen molar-refractivity contribution in [3.8, 4) is 11.5 Å². The summed E-state index contributed by atoms with van der Waals surface area (Å²) in [6, 6.07) is 15.6. The van der Waals surface area contributed by atoms with Crippen molar-refractivity contribution in [1.82, 2.24) is 4.90 Å². The van der Waals surface area contributed by atoms with E-state index in [0.717, 1.165) is 41.6 Å². The molecule has 7 heteroatoms. The summed E-state index contributed by atoms with van der Waals surface area (Å²) in [5.41, 5.74) is 2.80. The van der Waals surface area contributed by atoms with Gasteiger partial charge in [-0.1, -0.05) is 17.3 Å². The molecule has 0 N–H and O–H groups in total. The van der Waals surface area contributed by atoms with Crippen LogP contribution in [0, 0.1) is 0 Å². The summed E-state index contributed by atoms with van der Waals surface area (Å²) < 4.78 is 10.6. The van der Waals surface area contributed by atoms with E-state index in [4.69, 9.17) is 14.3 Å². The number of oxime groups is 1. The van der Waals surface area contributed by atoms with Gasteiger partial charge in [-0.2, -0.15) is 0 Å². The first-order chi connectivity index (χ1) is 14.2. The van der Waals surface area contributed by atoms with Crippen LogP contribution in [0.1, 0.15) is 12.0 Å². The molecule has 7 nitrogen and oxygen atoms in total. The zero-order valence-electron chi connectivity index (χ0n) is 16.7. The van der Waals surface area contributed by atoms with Gasteiger partial charge >= 0.3 is 0 Å². The van der Waals surface area contributed by atoms with E-state index in [1.165, 1.54) is 0 Å². The second-order valence-electron chi connectivity index (χ2n) is 7.05. The summed E-state index contributed by atoms with van der Waals surface area (Å²) in [6.45, 7) is 2.80. The molecule has 1 amide bonds. The third-order valence-corrected chi connectivity index (χ3v) is 5.38. The van der Waals surface area contributed by atoms with Gasteiger partial charge in [-0.15, -0.1) is 0 Å². The minimum absolute atomic E-state index is 0.00283.